The Morgan fingerprint density at radius 1 is 0.857 bits per heavy atom. The molecule has 0 saturated heterocycles. The second-order valence-corrected chi connectivity index (χ2v) is 12.6. The van der Waals surface area contributed by atoms with Crippen molar-refractivity contribution in [3.63, 3.8) is 0 Å². The van der Waals surface area contributed by atoms with E-state index in [2.05, 4.69) is 42.3 Å². The molecule has 0 atom stereocenters. The van der Waals surface area contributed by atoms with E-state index >= 15 is 0 Å². The van der Waals surface area contributed by atoms with E-state index in [4.69, 9.17) is 16.3 Å². The number of amides is 1. The summed E-state index contributed by atoms with van der Waals surface area (Å²) in [7, 11) is 0. The predicted molar refractivity (Wildman–Crippen MR) is 174 cm³/mol. The highest BCUT2D eigenvalue weighted by atomic mass is 79.9. The number of aryl methyl sites for hydroxylation is 1. The zero-order chi connectivity index (χ0) is 29.3. The van der Waals surface area contributed by atoms with Gasteiger partial charge in [-0.3, -0.25) is 4.79 Å². The van der Waals surface area contributed by atoms with Crippen LogP contribution in [0.15, 0.2) is 54.2 Å². The lowest BCUT2D eigenvalue weighted by Crippen LogP contribution is -3.00. The lowest BCUT2D eigenvalue weighted by molar-refractivity contribution is -0.683. The van der Waals surface area contributed by atoms with Crippen LogP contribution in [-0.2, 0) is 17.9 Å². The number of hydrogen-bond donors (Lipinski definition) is 0. The molecule has 0 N–H and O–H groups in total. The Bertz CT molecular complexity index is 1170. The Morgan fingerprint density at radius 3 is 2.02 bits per heavy atom. The number of unbranched alkanes of at least 4 members (excludes halogenated alkanes) is 11. The molecule has 0 unspecified atom stereocenters. The summed E-state index contributed by atoms with van der Waals surface area (Å²) < 4.78 is 8.27. The molecule has 7 heteroatoms. The summed E-state index contributed by atoms with van der Waals surface area (Å²) in [5.41, 5.74) is 5.25. The summed E-state index contributed by atoms with van der Waals surface area (Å²) >= 11 is 8.21. The van der Waals surface area contributed by atoms with Crippen molar-refractivity contribution < 1.29 is 31.1 Å². The fourth-order valence-electron chi connectivity index (χ4n) is 5.10. The number of hydrogen-bond acceptors (Lipinski definition) is 3. The Hall–Kier alpha value is -1.89. The van der Waals surface area contributed by atoms with Gasteiger partial charge >= 0.3 is 0 Å². The number of anilines is 1. The van der Waals surface area contributed by atoms with Crippen LogP contribution in [-0.4, -0.2) is 12.5 Å². The summed E-state index contributed by atoms with van der Waals surface area (Å²) in [5.74, 6) is 0.795. The number of halogens is 2. The summed E-state index contributed by atoms with van der Waals surface area (Å²) in [4.78, 5) is 16.1. The largest absolute Gasteiger partial charge is 1.00 e. The van der Waals surface area contributed by atoms with Gasteiger partial charge in [0.25, 0.3) is 0 Å². The van der Waals surface area contributed by atoms with E-state index in [9.17, 15) is 4.79 Å². The monoisotopic (exact) mass is 676 g/mol. The van der Waals surface area contributed by atoms with Gasteiger partial charge in [-0.05, 0) is 43.2 Å². The molecule has 0 aliphatic heterocycles. The second-order valence-electron chi connectivity index (χ2n) is 11.1. The number of carbonyl (C=O) groups is 1. The Balaban J connectivity index is 0.00000616. The Morgan fingerprint density at radius 2 is 1.45 bits per heavy atom. The molecule has 3 rings (SSSR count). The number of ether oxygens (including phenoxy) is 1. The lowest BCUT2D eigenvalue weighted by atomic mass is 10.1. The zero-order valence-corrected chi connectivity index (χ0v) is 29.0. The Kier molecular flexibility index (Phi) is 18.1. The summed E-state index contributed by atoms with van der Waals surface area (Å²) in [6.45, 7) is 8.27. The molecule has 232 valence electrons. The van der Waals surface area contributed by atoms with Crippen LogP contribution in [0, 0.1) is 6.92 Å². The quantitative estimate of drug-likeness (QED) is 0.0947. The highest BCUT2D eigenvalue weighted by Crippen LogP contribution is 2.28. The molecule has 0 aliphatic rings. The normalized spacial score (nSPS) is 10.9. The molecule has 0 fully saturated rings. The molecule has 1 amide bonds. The molecular weight excluding hydrogens is 628 g/mol. The average molecular weight is 678 g/mol. The first-order chi connectivity index (χ1) is 20.0. The van der Waals surface area contributed by atoms with Crippen molar-refractivity contribution in [2.24, 2.45) is 0 Å². The maximum absolute atomic E-state index is 12.9. The smallest absolute Gasteiger partial charge is 0.227 e. The van der Waals surface area contributed by atoms with Gasteiger partial charge in [0.2, 0.25) is 11.4 Å². The second kappa shape index (κ2) is 20.9. The molecule has 1 aromatic heterocycles. The van der Waals surface area contributed by atoms with Gasteiger partial charge in [-0.2, -0.15) is 4.57 Å². The predicted octanol–water partition coefficient (Wildman–Crippen LogP) is 7.07. The zero-order valence-electron chi connectivity index (χ0n) is 25.9. The van der Waals surface area contributed by atoms with Crippen molar-refractivity contribution in [3.05, 3.63) is 75.2 Å². The third kappa shape index (κ3) is 13.2. The van der Waals surface area contributed by atoms with Crippen LogP contribution >= 0.6 is 22.9 Å². The van der Waals surface area contributed by atoms with Crippen molar-refractivity contribution in [1.82, 2.24) is 0 Å². The molecule has 42 heavy (non-hydrogen) atoms. The Labute approximate surface area is 274 Å². The van der Waals surface area contributed by atoms with Crippen LogP contribution in [0.1, 0.15) is 113 Å². The molecule has 3 aromatic rings. The minimum Gasteiger partial charge on any atom is -1.00 e. The van der Waals surface area contributed by atoms with Crippen LogP contribution in [0.25, 0.3) is 0 Å². The van der Waals surface area contributed by atoms with Gasteiger partial charge in [0.15, 0.2) is 12.7 Å². The molecule has 0 radical (unpaired) electrons. The van der Waals surface area contributed by atoms with Gasteiger partial charge < -0.3 is 26.6 Å². The molecule has 4 nitrogen and oxygen atoms in total. The van der Waals surface area contributed by atoms with E-state index in [-0.39, 0.29) is 22.9 Å². The van der Waals surface area contributed by atoms with Gasteiger partial charge in [0.05, 0.1) is 23.1 Å². The number of thiazole rings is 1. The van der Waals surface area contributed by atoms with Crippen molar-refractivity contribution in [1.29, 1.82) is 0 Å². The minimum absolute atomic E-state index is 0. The van der Waals surface area contributed by atoms with Gasteiger partial charge in [-0.25, -0.2) is 0 Å². The van der Waals surface area contributed by atoms with Crippen molar-refractivity contribution in [2.75, 3.05) is 11.5 Å². The maximum Gasteiger partial charge on any atom is 0.227 e. The summed E-state index contributed by atoms with van der Waals surface area (Å²) in [5, 5.41) is 0.617. The first-order valence-electron chi connectivity index (χ1n) is 15.7. The van der Waals surface area contributed by atoms with E-state index in [0.29, 0.717) is 30.3 Å². The SMILES string of the molecule is CCCCCCCCCCCCCCOc1cc(CN(C(=O)CC)c2ccc(C[n+]3csc(C)c3)cc2)ccc1Cl.[Br-]. The molecule has 1 heterocycles. The van der Waals surface area contributed by atoms with Gasteiger partial charge in [0.1, 0.15) is 5.75 Å². The summed E-state index contributed by atoms with van der Waals surface area (Å²) in [6.07, 6.45) is 18.5. The first-order valence-corrected chi connectivity index (χ1v) is 17.0. The van der Waals surface area contributed by atoms with E-state index in [1.165, 1.54) is 81.1 Å². The van der Waals surface area contributed by atoms with Crippen LogP contribution < -0.4 is 31.2 Å². The molecular formula is C35H50BrClN2O2S. The van der Waals surface area contributed by atoms with E-state index in [1.807, 2.05) is 42.2 Å². The number of aromatic nitrogens is 1. The van der Waals surface area contributed by atoms with E-state index in [0.717, 1.165) is 24.2 Å². The standard InChI is InChI=1S/C35H50ClN2O2S.BrH/c1-4-6-7-8-9-10-11-12-13-14-15-16-23-40-34-24-31(19-22-33(34)36)27-38(35(39)5-2)32-20-17-30(18-21-32)26-37-25-29(3)41-28-37;/h17-22,24-25,28H,4-16,23,26-27H2,1-3H3;1H/q+1;/p-1. The maximum atomic E-state index is 12.9. The third-order valence-corrected chi connectivity index (χ3v) is 8.70. The number of carbonyl (C=O) groups excluding carboxylic acids is 1. The molecule has 0 bridgehead atoms. The van der Waals surface area contributed by atoms with Crippen LogP contribution in [0.5, 0.6) is 5.75 Å². The van der Waals surface area contributed by atoms with Crippen molar-refractivity contribution in [3.8, 4) is 5.75 Å². The van der Waals surface area contributed by atoms with Gasteiger partial charge in [0, 0.05) is 17.7 Å². The van der Waals surface area contributed by atoms with Gasteiger partial charge in [-0.1, -0.05) is 126 Å². The fourth-order valence-corrected chi connectivity index (χ4v) is 5.90. The topological polar surface area (TPSA) is 33.4 Å². The number of rotatable bonds is 20. The lowest BCUT2D eigenvalue weighted by Gasteiger charge is -2.23. The fraction of sp³-hybridized carbons (Fsp3) is 0.543. The third-order valence-electron chi connectivity index (χ3n) is 7.53. The first kappa shape index (κ1) is 36.3. The van der Waals surface area contributed by atoms with Crippen LogP contribution in [0.4, 0.5) is 5.69 Å². The molecule has 2 aromatic carbocycles. The van der Waals surface area contributed by atoms with Crippen LogP contribution in [0.2, 0.25) is 5.02 Å². The van der Waals surface area contributed by atoms with Crippen LogP contribution in [0.3, 0.4) is 0 Å². The highest BCUT2D eigenvalue weighted by Gasteiger charge is 2.16. The number of benzene rings is 2. The molecule has 0 aliphatic carbocycles. The molecule has 0 spiro atoms. The van der Waals surface area contributed by atoms with Crippen molar-refractivity contribution >= 4 is 34.5 Å². The van der Waals surface area contributed by atoms with Crippen molar-refractivity contribution in [2.45, 2.75) is 117 Å². The average Bonchev–Trinajstić information content (AvgIpc) is 3.39. The minimum atomic E-state index is 0. The van der Waals surface area contributed by atoms with E-state index < -0.39 is 0 Å². The highest BCUT2D eigenvalue weighted by molar-refractivity contribution is 7.09. The van der Waals surface area contributed by atoms with E-state index in [1.54, 1.807) is 11.3 Å². The van der Waals surface area contributed by atoms with Gasteiger partial charge in [-0.15, -0.1) is 0 Å². The molecule has 0 saturated carbocycles. The summed E-state index contributed by atoms with van der Waals surface area (Å²) in [6, 6.07) is 14.2. The number of nitrogens with zero attached hydrogens (tertiary/aromatic N) is 2.